The molecule has 2 N–H and O–H groups in total. The molecule has 2 heteroatoms. The van der Waals surface area contributed by atoms with Crippen molar-refractivity contribution in [3.63, 3.8) is 0 Å². The molecule has 0 radical (unpaired) electrons. The molecule has 1 atom stereocenters. The maximum atomic E-state index is 9.18. The van der Waals surface area contributed by atoms with E-state index in [-0.39, 0.29) is 0 Å². The molecule has 0 aliphatic heterocycles. The van der Waals surface area contributed by atoms with Crippen LogP contribution in [-0.2, 0) is 0 Å². The lowest BCUT2D eigenvalue weighted by Gasteiger charge is -2.18. The first-order valence-corrected chi connectivity index (χ1v) is 2.78. The van der Waals surface area contributed by atoms with E-state index in [2.05, 4.69) is 0 Å². The van der Waals surface area contributed by atoms with E-state index in [0.29, 0.717) is 12.1 Å². The minimum atomic E-state index is -0.875. The van der Waals surface area contributed by atoms with Gasteiger partial charge in [-0.2, -0.15) is 0 Å². The summed E-state index contributed by atoms with van der Waals surface area (Å²) in [6, 6.07) is 0. The summed E-state index contributed by atoms with van der Waals surface area (Å²) in [5, 5.41) is 16.2. The lowest BCUT2D eigenvalue weighted by atomic mass is 9.99. The third kappa shape index (κ3) is 1.62. The number of nitrogens with one attached hydrogen (secondary N) is 1. The first-order chi connectivity index (χ1) is 3.50. The van der Waals surface area contributed by atoms with Crippen LogP contribution in [0.1, 0.15) is 27.2 Å². The highest BCUT2D eigenvalue weighted by molar-refractivity contribution is 5.86. The van der Waals surface area contributed by atoms with Crippen LogP contribution in [0.25, 0.3) is 0 Å². The Morgan fingerprint density at radius 3 is 2.12 bits per heavy atom. The largest absolute Gasteiger partial charge is 0.384 e. The first kappa shape index (κ1) is 7.63. The highest BCUT2D eigenvalue weighted by atomic mass is 16.3. The third-order valence-corrected chi connectivity index (χ3v) is 1.50. The van der Waals surface area contributed by atoms with Crippen LogP contribution in [0.2, 0.25) is 0 Å². The van der Waals surface area contributed by atoms with Gasteiger partial charge in [-0.25, -0.2) is 0 Å². The molecule has 0 saturated heterocycles. The molecule has 48 valence electrons. The molecule has 0 fully saturated rings. The average molecular weight is 115 g/mol. The van der Waals surface area contributed by atoms with Crippen molar-refractivity contribution in [2.45, 2.75) is 32.8 Å². The molecule has 0 aromatic rings. The quantitative estimate of drug-likeness (QED) is 0.521. The molecule has 0 spiro atoms. The van der Waals surface area contributed by atoms with Crippen LogP contribution in [0.5, 0.6) is 0 Å². The monoisotopic (exact) mass is 115 g/mol. The van der Waals surface area contributed by atoms with Gasteiger partial charge < -0.3 is 10.5 Å². The van der Waals surface area contributed by atoms with Gasteiger partial charge in [0.15, 0.2) is 0 Å². The predicted molar refractivity (Wildman–Crippen MR) is 34.3 cm³/mol. The van der Waals surface area contributed by atoms with Crippen molar-refractivity contribution in [1.82, 2.24) is 0 Å². The number of aliphatic hydroxyl groups is 1. The fourth-order valence-corrected chi connectivity index (χ4v) is 0.265. The Kier molecular flexibility index (Phi) is 2.16. The van der Waals surface area contributed by atoms with E-state index < -0.39 is 5.60 Å². The van der Waals surface area contributed by atoms with Gasteiger partial charge in [-0.15, -0.1) is 0 Å². The van der Waals surface area contributed by atoms with E-state index in [1.165, 1.54) is 0 Å². The van der Waals surface area contributed by atoms with Crippen LogP contribution in [0, 0.1) is 5.41 Å². The predicted octanol–water partition coefficient (Wildman–Crippen LogP) is 1.19. The maximum Gasteiger partial charge on any atom is 0.0986 e. The molecular weight excluding hydrogens is 102 g/mol. The second-order valence-corrected chi connectivity index (χ2v) is 2.25. The lowest BCUT2D eigenvalue weighted by Crippen LogP contribution is -2.31. The first-order valence-electron chi connectivity index (χ1n) is 2.78. The van der Waals surface area contributed by atoms with Gasteiger partial charge in [-0.05, 0) is 20.3 Å². The Labute approximate surface area is 50.0 Å². The zero-order valence-electron chi connectivity index (χ0n) is 5.65. The van der Waals surface area contributed by atoms with E-state index in [9.17, 15) is 5.11 Å². The molecule has 0 saturated carbocycles. The number of hydrogen-bond donors (Lipinski definition) is 2. The molecule has 1 unspecified atom stereocenters. The summed E-state index contributed by atoms with van der Waals surface area (Å²) in [6.45, 7) is 5.12. The molecule has 0 rings (SSSR count). The smallest absolute Gasteiger partial charge is 0.0986 e. The van der Waals surface area contributed by atoms with Gasteiger partial charge in [0.2, 0.25) is 0 Å². The molecular formula is C6H13NO. The van der Waals surface area contributed by atoms with Crippen LogP contribution in [0.4, 0.5) is 0 Å². The summed E-state index contributed by atoms with van der Waals surface area (Å²) in [5.74, 6) is 0. The molecule has 2 nitrogen and oxygen atoms in total. The molecule has 0 heterocycles. The minimum Gasteiger partial charge on any atom is -0.384 e. The number of rotatable bonds is 2. The summed E-state index contributed by atoms with van der Waals surface area (Å²) in [6.07, 6.45) is 0.613. The van der Waals surface area contributed by atoms with Gasteiger partial charge in [-0.1, -0.05) is 6.92 Å². The SMILES string of the molecule is CCC(C)(O)C(C)=N. The molecule has 0 aliphatic carbocycles. The lowest BCUT2D eigenvalue weighted by molar-refractivity contribution is 0.127. The summed E-state index contributed by atoms with van der Waals surface area (Å²) < 4.78 is 0. The van der Waals surface area contributed by atoms with Gasteiger partial charge in [0.1, 0.15) is 0 Å². The Morgan fingerprint density at radius 1 is 1.75 bits per heavy atom. The second-order valence-electron chi connectivity index (χ2n) is 2.25. The Balaban J connectivity index is 3.91. The van der Waals surface area contributed by atoms with Crippen LogP contribution in [-0.4, -0.2) is 16.4 Å². The molecule has 0 aromatic heterocycles. The Morgan fingerprint density at radius 2 is 2.12 bits per heavy atom. The summed E-state index contributed by atoms with van der Waals surface area (Å²) in [4.78, 5) is 0. The molecule has 8 heavy (non-hydrogen) atoms. The van der Waals surface area contributed by atoms with Gasteiger partial charge in [0.05, 0.1) is 5.60 Å². The molecule has 0 amide bonds. The van der Waals surface area contributed by atoms with Crippen molar-refractivity contribution in [1.29, 1.82) is 5.41 Å². The highest BCUT2D eigenvalue weighted by Crippen LogP contribution is 2.08. The van der Waals surface area contributed by atoms with E-state index >= 15 is 0 Å². The van der Waals surface area contributed by atoms with E-state index in [0.717, 1.165) is 0 Å². The van der Waals surface area contributed by atoms with Crippen molar-refractivity contribution in [2.75, 3.05) is 0 Å². The molecule has 0 aliphatic rings. The number of hydrogen-bond acceptors (Lipinski definition) is 2. The van der Waals surface area contributed by atoms with Gasteiger partial charge in [-0.3, -0.25) is 0 Å². The second kappa shape index (κ2) is 2.27. The van der Waals surface area contributed by atoms with Crippen molar-refractivity contribution < 1.29 is 5.11 Å². The van der Waals surface area contributed by atoms with Gasteiger partial charge >= 0.3 is 0 Å². The van der Waals surface area contributed by atoms with Crippen molar-refractivity contribution in [3.8, 4) is 0 Å². The average Bonchev–Trinajstić information content (AvgIpc) is 1.67. The Hall–Kier alpha value is -0.370. The van der Waals surface area contributed by atoms with Gasteiger partial charge in [0, 0.05) is 5.71 Å². The van der Waals surface area contributed by atoms with E-state index in [4.69, 9.17) is 5.41 Å². The van der Waals surface area contributed by atoms with E-state index in [1.807, 2.05) is 6.92 Å². The molecule has 0 bridgehead atoms. The topological polar surface area (TPSA) is 44.1 Å². The van der Waals surface area contributed by atoms with Crippen LogP contribution < -0.4 is 0 Å². The van der Waals surface area contributed by atoms with Crippen LogP contribution in [0.3, 0.4) is 0 Å². The fourth-order valence-electron chi connectivity index (χ4n) is 0.265. The zero-order valence-corrected chi connectivity index (χ0v) is 5.65. The minimum absolute atomic E-state index is 0.333. The third-order valence-electron chi connectivity index (χ3n) is 1.50. The van der Waals surface area contributed by atoms with Crippen LogP contribution >= 0.6 is 0 Å². The van der Waals surface area contributed by atoms with Crippen molar-refractivity contribution in [3.05, 3.63) is 0 Å². The summed E-state index contributed by atoms with van der Waals surface area (Å²) in [5.41, 5.74) is -0.542. The Bertz CT molecular complexity index is 96.7. The summed E-state index contributed by atoms with van der Waals surface area (Å²) >= 11 is 0. The van der Waals surface area contributed by atoms with Crippen molar-refractivity contribution >= 4 is 5.71 Å². The van der Waals surface area contributed by atoms with Crippen molar-refractivity contribution in [2.24, 2.45) is 0 Å². The fraction of sp³-hybridized carbons (Fsp3) is 0.833. The normalized spacial score (nSPS) is 17.5. The van der Waals surface area contributed by atoms with E-state index in [1.54, 1.807) is 13.8 Å². The van der Waals surface area contributed by atoms with Gasteiger partial charge in [0.25, 0.3) is 0 Å². The van der Waals surface area contributed by atoms with Crippen LogP contribution in [0.15, 0.2) is 0 Å². The highest BCUT2D eigenvalue weighted by Gasteiger charge is 2.18. The molecule has 0 aromatic carbocycles. The maximum absolute atomic E-state index is 9.18. The summed E-state index contributed by atoms with van der Waals surface area (Å²) in [7, 11) is 0. The standard InChI is InChI=1S/C6H13NO/c1-4-6(3,8)5(2)7/h7-8H,4H2,1-3H3. The zero-order chi connectivity index (χ0) is 6.78.